The highest BCUT2D eigenvalue weighted by Crippen LogP contribution is 2.19. The Kier molecular flexibility index (Phi) is 6.04. The van der Waals surface area contributed by atoms with Crippen LogP contribution in [0.2, 0.25) is 0 Å². The number of ether oxygens (including phenoxy) is 2. The smallest absolute Gasteiger partial charge is 0.253 e. The Morgan fingerprint density at radius 3 is 2.52 bits per heavy atom. The van der Waals surface area contributed by atoms with Crippen molar-refractivity contribution in [2.24, 2.45) is 5.92 Å². The summed E-state index contributed by atoms with van der Waals surface area (Å²) in [6.07, 6.45) is 1.35. The molecule has 0 radical (unpaired) electrons. The van der Waals surface area contributed by atoms with Crippen LogP contribution >= 0.6 is 0 Å². The molecule has 1 aromatic carbocycles. The summed E-state index contributed by atoms with van der Waals surface area (Å²) in [6, 6.07) is 7.63. The van der Waals surface area contributed by atoms with Crippen LogP contribution in [0.1, 0.15) is 28.8 Å². The summed E-state index contributed by atoms with van der Waals surface area (Å²) in [4.78, 5) is 26.7. The summed E-state index contributed by atoms with van der Waals surface area (Å²) < 4.78 is 10.9. The molecule has 1 atom stereocenters. The number of amides is 2. The summed E-state index contributed by atoms with van der Waals surface area (Å²) in [5.74, 6) is 0.0646. The number of likely N-dealkylation sites (tertiary alicyclic amines) is 1. The van der Waals surface area contributed by atoms with Crippen molar-refractivity contribution in [3.8, 4) is 0 Å². The van der Waals surface area contributed by atoms with Gasteiger partial charge < -0.3 is 19.7 Å². The lowest BCUT2D eigenvalue weighted by Gasteiger charge is -2.32. The first-order chi connectivity index (χ1) is 12.1. The number of benzene rings is 1. The van der Waals surface area contributed by atoms with Gasteiger partial charge in [0.05, 0.1) is 25.9 Å². The first kappa shape index (κ1) is 17.9. The summed E-state index contributed by atoms with van der Waals surface area (Å²) >= 11 is 0. The predicted molar refractivity (Wildman–Crippen MR) is 93.4 cm³/mol. The second-order valence-electron chi connectivity index (χ2n) is 6.75. The number of hydrogen-bond donors (Lipinski definition) is 1. The van der Waals surface area contributed by atoms with Gasteiger partial charge in [-0.1, -0.05) is 17.7 Å². The maximum absolute atomic E-state index is 12.5. The minimum Gasteiger partial charge on any atom is -0.376 e. The molecule has 0 spiro atoms. The Morgan fingerprint density at radius 1 is 1.16 bits per heavy atom. The van der Waals surface area contributed by atoms with Gasteiger partial charge in [0.1, 0.15) is 0 Å². The van der Waals surface area contributed by atoms with Crippen LogP contribution in [0.4, 0.5) is 0 Å². The van der Waals surface area contributed by atoms with Crippen molar-refractivity contribution in [1.29, 1.82) is 0 Å². The Morgan fingerprint density at radius 2 is 1.88 bits per heavy atom. The Labute approximate surface area is 148 Å². The number of carbonyl (C=O) groups excluding carboxylic acids is 2. The molecule has 2 saturated heterocycles. The zero-order chi connectivity index (χ0) is 17.6. The van der Waals surface area contributed by atoms with E-state index < -0.39 is 0 Å². The molecule has 1 N–H and O–H groups in total. The third-order valence-electron chi connectivity index (χ3n) is 4.84. The van der Waals surface area contributed by atoms with Gasteiger partial charge in [0.25, 0.3) is 5.91 Å². The summed E-state index contributed by atoms with van der Waals surface area (Å²) in [5.41, 5.74) is 1.85. The van der Waals surface area contributed by atoms with Gasteiger partial charge in [0.15, 0.2) is 0 Å². The summed E-state index contributed by atoms with van der Waals surface area (Å²) in [7, 11) is 0. The Bertz CT molecular complexity index is 588. The van der Waals surface area contributed by atoms with Crippen LogP contribution in [-0.2, 0) is 14.3 Å². The lowest BCUT2D eigenvalue weighted by Crippen LogP contribution is -2.45. The third kappa shape index (κ3) is 4.80. The molecular weight excluding hydrogens is 320 g/mol. The lowest BCUT2D eigenvalue weighted by atomic mass is 9.95. The molecule has 0 unspecified atom stereocenters. The zero-order valence-corrected chi connectivity index (χ0v) is 14.7. The first-order valence-corrected chi connectivity index (χ1v) is 8.96. The zero-order valence-electron chi connectivity index (χ0n) is 14.7. The van der Waals surface area contributed by atoms with Crippen molar-refractivity contribution in [2.45, 2.75) is 25.9 Å². The van der Waals surface area contributed by atoms with Gasteiger partial charge in [-0.25, -0.2) is 0 Å². The standard InChI is InChI=1S/C19H26N2O4/c1-14-2-4-16(5-3-14)19(23)21-8-6-15(7-9-21)18(22)20-12-17-13-24-10-11-25-17/h2-5,15,17H,6-13H2,1H3,(H,20,22)/t17-/m0/s1. The number of rotatable bonds is 4. The molecule has 1 aromatic rings. The minimum atomic E-state index is -0.0547. The molecule has 2 heterocycles. The molecule has 25 heavy (non-hydrogen) atoms. The van der Waals surface area contributed by atoms with Crippen molar-refractivity contribution in [2.75, 3.05) is 39.5 Å². The van der Waals surface area contributed by atoms with Gasteiger partial charge in [0.2, 0.25) is 5.91 Å². The van der Waals surface area contributed by atoms with Crippen LogP contribution < -0.4 is 5.32 Å². The first-order valence-electron chi connectivity index (χ1n) is 8.96. The van der Waals surface area contributed by atoms with E-state index in [-0.39, 0.29) is 23.8 Å². The molecule has 6 nitrogen and oxygen atoms in total. The second kappa shape index (κ2) is 8.45. The molecule has 2 amide bonds. The van der Waals surface area contributed by atoms with Gasteiger partial charge in [-0.2, -0.15) is 0 Å². The van der Waals surface area contributed by atoms with Crippen LogP contribution in [0.5, 0.6) is 0 Å². The quantitative estimate of drug-likeness (QED) is 0.894. The largest absolute Gasteiger partial charge is 0.376 e. The number of hydrogen-bond acceptors (Lipinski definition) is 4. The van der Waals surface area contributed by atoms with Crippen molar-refractivity contribution in [1.82, 2.24) is 10.2 Å². The number of nitrogens with zero attached hydrogens (tertiary/aromatic N) is 1. The van der Waals surface area contributed by atoms with E-state index in [9.17, 15) is 9.59 Å². The Hall–Kier alpha value is -1.92. The average molecular weight is 346 g/mol. The van der Waals surface area contributed by atoms with E-state index in [1.54, 1.807) is 0 Å². The number of piperidine rings is 1. The molecule has 0 bridgehead atoms. The third-order valence-corrected chi connectivity index (χ3v) is 4.84. The van der Waals surface area contributed by atoms with E-state index in [1.807, 2.05) is 36.1 Å². The predicted octanol–water partition coefficient (Wildman–Crippen LogP) is 1.38. The number of nitrogens with one attached hydrogen (secondary N) is 1. The van der Waals surface area contributed by atoms with Gasteiger partial charge in [0, 0.05) is 31.1 Å². The van der Waals surface area contributed by atoms with Crippen molar-refractivity contribution in [3.05, 3.63) is 35.4 Å². The van der Waals surface area contributed by atoms with E-state index in [0.717, 1.165) is 5.56 Å². The topological polar surface area (TPSA) is 67.9 Å². The second-order valence-corrected chi connectivity index (χ2v) is 6.75. The maximum Gasteiger partial charge on any atom is 0.253 e. The van der Waals surface area contributed by atoms with Crippen molar-refractivity contribution >= 4 is 11.8 Å². The van der Waals surface area contributed by atoms with Crippen molar-refractivity contribution < 1.29 is 19.1 Å². The fraction of sp³-hybridized carbons (Fsp3) is 0.579. The summed E-state index contributed by atoms with van der Waals surface area (Å²) in [6.45, 7) is 5.47. The normalized spacial score (nSPS) is 21.8. The SMILES string of the molecule is Cc1ccc(C(=O)N2CCC(C(=O)NC[C@H]3COCCO3)CC2)cc1. The average Bonchev–Trinajstić information content (AvgIpc) is 2.67. The van der Waals surface area contributed by atoms with E-state index in [1.165, 1.54) is 0 Å². The van der Waals surface area contributed by atoms with E-state index in [0.29, 0.717) is 57.9 Å². The molecule has 2 fully saturated rings. The highest BCUT2D eigenvalue weighted by Gasteiger charge is 2.28. The van der Waals surface area contributed by atoms with Gasteiger partial charge in [-0.05, 0) is 31.9 Å². The Balaban J connectivity index is 1.43. The molecule has 6 heteroatoms. The van der Waals surface area contributed by atoms with Gasteiger partial charge in [-0.15, -0.1) is 0 Å². The fourth-order valence-corrected chi connectivity index (χ4v) is 3.24. The molecule has 136 valence electrons. The van der Waals surface area contributed by atoms with E-state index >= 15 is 0 Å². The molecule has 2 aliphatic rings. The molecular formula is C19H26N2O4. The molecule has 2 aliphatic heterocycles. The van der Waals surface area contributed by atoms with Crippen LogP contribution in [0.3, 0.4) is 0 Å². The van der Waals surface area contributed by atoms with Crippen LogP contribution in [-0.4, -0.2) is 62.3 Å². The highest BCUT2D eigenvalue weighted by molar-refractivity contribution is 5.94. The van der Waals surface area contributed by atoms with E-state index in [2.05, 4.69) is 5.32 Å². The fourth-order valence-electron chi connectivity index (χ4n) is 3.24. The van der Waals surface area contributed by atoms with Crippen molar-refractivity contribution in [3.63, 3.8) is 0 Å². The minimum absolute atomic E-state index is 0.0356. The van der Waals surface area contributed by atoms with Gasteiger partial charge >= 0.3 is 0 Å². The molecule has 0 aromatic heterocycles. The van der Waals surface area contributed by atoms with Crippen LogP contribution in [0.15, 0.2) is 24.3 Å². The highest BCUT2D eigenvalue weighted by atomic mass is 16.6. The molecule has 0 saturated carbocycles. The number of aryl methyl sites for hydroxylation is 1. The van der Waals surface area contributed by atoms with E-state index in [4.69, 9.17) is 9.47 Å². The molecule has 3 rings (SSSR count). The molecule has 0 aliphatic carbocycles. The van der Waals surface area contributed by atoms with Gasteiger partial charge in [-0.3, -0.25) is 9.59 Å². The van der Waals surface area contributed by atoms with Crippen LogP contribution in [0.25, 0.3) is 0 Å². The lowest BCUT2D eigenvalue weighted by molar-refractivity contribution is -0.128. The number of carbonyl (C=O) groups is 2. The van der Waals surface area contributed by atoms with Crippen LogP contribution in [0, 0.1) is 12.8 Å². The summed E-state index contributed by atoms with van der Waals surface area (Å²) in [5, 5.41) is 2.96. The maximum atomic E-state index is 12.5. The monoisotopic (exact) mass is 346 g/mol.